The summed E-state index contributed by atoms with van der Waals surface area (Å²) in [6.45, 7) is 5.68. The third-order valence-electron chi connectivity index (χ3n) is 7.24. The summed E-state index contributed by atoms with van der Waals surface area (Å²) in [5, 5.41) is 15.8. The molecule has 0 bridgehead atoms. The Labute approximate surface area is 225 Å². The number of carbonyl (C=O) groups is 2. The van der Waals surface area contributed by atoms with Crippen LogP contribution in [0.3, 0.4) is 0 Å². The minimum atomic E-state index is -0.701. The van der Waals surface area contributed by atoms with Gasteiger partial charge in [-0.15, -0.1) is 0 Å². The Morgan fingerprint density at radius 2 is 1.89 bits per heavy atom. The van der Waals surface area contributed by atoms with Crippen LogP contribution in [0, 0.1) is 5.41 Å². The molecule has 0 saturated carbocycles. The first kappa shape index (κ1) is 25.6. The van der Waals surface area contributed by atoms with Crippen molar-refractivity contribution in [2.45, 2.75) is 33.1 Å². The van der Waals surface area contributed by atoms with E-state index in [1.165, 1.54) is 11.3 Å². The second kappa shape index (κ2) is 10.7. The molecule has 196 valence electrons. The van der Waals surface area contributed by atoms with Crippen molar-refractivity contribution in [2.75, 3.05) is 29.9 Å². The van der Waals surface area contributed by atoms with Crippen molar-refractivity contribution >= 4 is 44.5 Å². The summed E-state index contributed by atoms with van der Waals surface area (Å²) < 4.78 is 0.940. The van der Waals surface area contributed by atoms with Crippen molar-refractivity contribution < 1.29 is 14.7 Å². The summed E-state index contributed by atoms with van der Waals surface area (Å²) in [5.41, 5.74) is 3.77. The number of piperidine rings is 1. The van der Waals surface area contributed by atoms with Crippen LogP contribution in [-0.4, -0.2) is 51.7 Å². The van der Waals surface area contributed by atoms with E-state index in [4.69, 9.17) is 4.98 Å². The van der Waals surface area contributed by atoms with Gasteiger partial charge >= 0.3 is 12.0 Å². The molecular formula is C28H30N6O3S. The van der Waals surface area contributed by atoms with Gasteiger partial charge in [-0.3, -0.25) is 15.1 Å². The first-order valence-electron chi connectivity index (χ1n) is 12.8. The van der Waals surface area contributed by atoms with Gasteiger partial charge in [-0.05, 0) is 68.1 Å². The summed E-state index contributed by atoms with van der Waals surface area (Å²) in [5.74, 6) is 0.144. The maximum atomic E-state index is 12.1. The number of hydrogen-bond donors (Lipinski definition) is 3. The van der Waals surface area contributed by atoms with Crippen molar-refractivity contribution in [2.24, 2.45) is 5.41 Å². The maximum Gasteiger partial charge on any atom is 0.321 e. The van der Waals surface area contributed by atoms with Crippen LogP contribution >= 0.6 is 11.3 Å². The van der Waals surface area contributed by atoms with Gasteiger partial charge in [-0.1, -0.05) is 24.3 Å². The van der Waals surface area contributed by atoms with Crippen molar-refractivity contribution in [3.8, 4) is 22.4 Å². The van der Waals surface area contributed by atoms with Crippen LogP contribution in [0.1, 0.15) is 33.1 Å². The molecule has 4 aromatic rings. The number of rotatable bonds is 7. The van der Waals surface area contributed by atoms with Crippen LogP contribution < -0.4 is 15.5 Å². The second-order valence-electron chi connectivity index (χ2n) is 9.42. The number of urea groups is 1. The lowest BCUT2D eigenvalue weighted by Gasteiger charge is -2.38. The molecule has 1 fully saturated rings. The number of carbonyl (C=O) groups excluding carboxylic acids is 1. The van der Waals surface area contributed by atoms with Crippen LogP contribution in [0.4, 0.5) is 15.7 Å². The predicted molar refractivity (Wildman–Crippen MR) is 151 cm³/mol. The van der Waals surface area contributed by atoms with Gasteiger partial charge in [-0.25, -0.2) is 14.8 Å². The number of fused-ring (bicyclic) bond motifs is 1. The zero-order chi connectivity index (χ0) is 26.7. The van der Waals surface area contributed by atoms with Crippen LogP contribution in [0.2, 0.25) is 0 Å². The van der Waals surface area contributed by atoms with Gasteiger partial charge < -0.3 is 15.3 Å². The number of hydrogen-bond acceptors (Lipinski definition) is 7. The number of anilines is 2. The molecule has 1 aromatic carbocycles. The number of aliphatic carboxylic acids is 1. The van der Waals surface area contributed by atoms with Crippen molar-refractivity contribution in [3.05, 3.63) is 54.9 Å². The topological polar surface area (TPSA) is 120 Å². The molecule has 3 aromatic heterocycles. The quantitative estimate of drug-likeness (QED) is 0.283. The molecule has 9 nitrogen and oxygen atoms in total. The fourth-order valence-corrected chi connectivity index (χ4v) is 5.86. The highest BCUT2D eigenvalue weighted by Gasteiger charge is 2.40. The normalized spacial score (nSPS) is 14.8. The van der Waals surface area contributed by atoms with Crippen LogP contribution in [0.15, 0.2) is 54.9 Å². The standard InChI is InChI=1S/C28H30N6O3S/c1-3-28(25(35)36)10-13-34(14-11-28)23-9-8-18(17-31-23)19-15-20(21-7-5-6-12-30-21)24-22(16-19)32-27(38-24)33-26(37)29-4-2/h5-9,12,15-17H,3-4,10-11,13-14H2,1-2H3,(H,35,36)(H2,29,32,33,37). The minimum absolute atomic E-state index is 0.289. The van der Waals surface area contributed by atoms with E-state index in [1.54, 1.807) is 6.20 Å². The number of amides is 2. The second-order valence-corrected chi connectivity index (χ2v) is 10.4. The molecule has 2 amide bonds. The first-order valence-corrected chi connectivity index (χ1v) is 13.6. The molecule has 10 heteroatoms. The Hall–Kier alpha value is -4.05. The molecule has 1 aliphatic heterocycles. The zero-order valence-corrected chi connectivity index (χ0v) is 22.2. The van der Waals surface area contributed by atoms with Crippen molar-refractivity contribution in [1.29, 1.82) is 0 Å². The average Bonchev–Trinajstić information content (AvgIpc) is 3.35. The molecule has 1 aliphatic rings. The third-order valence-corrected chi connectivity index (χ3v) is 8.26. The fourth-order valence-electron chi connectivity index (χ4n) is 4.89. The van der Waals surface area contributed by atoms with E-state index in [2.05, 4.69) is 31.6 Å². The Bertz CT molecular complexity index is 1450. The van der Waals surface area contributed by atoms with Crippen molar-refractivity contribution in [3.63, 3.8) is 0 Å². The molecule has 4 heterocycles. The molecule has 0 spiro atoms. The molecule has 1 saturated heterocycles. The lowest BCUT2D eigenvalue weighted by Crippen LogP contribution is -2.44. The molecule has 0 atom stereocenters. The van der Waals surface area contributed by atoms with E-state index < -0.39 is 11.4 Å². The third kappa shape index (κ3) is 5.04. The number of carboxylic acid groups (broad SMARTS) is 1. The number of pyridine rings is 2. The van der Waals surface area contributed by atoms with Gasteiger partial charge in [0.15, 0.2) is 5.13 Å². The lowest BCUT2D eigenvalue weighted by atomic mass is 9.76. The van der Waals surface area contributed by atoms with Crippen LogP contribution in [0.25, 0.3) is 32.6 Å². The maximum absolute atomic E-state index is 12.1. The van der Waals surface area contributed by atoms with E-state index in [1.807, 2.05) is 56.4 Å². The largest absolute Gasteiger partial charge is 0.481 e. The van der Waals surface area contributed by atoms with E-state index in [-0.39, 0.29) is 6.03 Å². The fraction of sp³-hybridized carbons (Fsp3) is 0.321. The van der Waals surface area contributed by atoms with Gasteiger partial charge in [0.1, 0.15) is 5.82 Å². The number of benzene rings is 1. The smallest absolute Gasteiger partial charge is 0.321 e. The van der Waals surface area contributed by atoms with Gasteiger partial charge in [0.25, 0.3) is 0 Å². The molecule has 0 aliphatic carbocycles. The van der Waals surface area contributed by atoms with E-state index in [9.17, 15) is 14.7 Å². The summed E-state index contributed by atoms with van der Waals surface area (Å²) in [6, 6.07) is 13.6. The molecule has 38 heavy (non-hydrogen) atoms. The van der Waals surface area contributed by atoms with Gasteiger partial charge in [0.05, 0.1) is 21.3 Å². The van der Waals surface area contributed by atoms with E-state index in [0.29, 0.717) is 44.0 Å². The lowest BCUT2D eigenvalue weighted by molar-refractivity contribution is -0.150. The Morgan fingerprint density at radius 1 is 1.08 bits per heavy atom. The molecule has 0 unspecified atom stereocenters. The molecule has 0 radical (unpaired) electrons. The number of carboxylic acids is 1. The van der Waals surface area contributed by atoms with Gasteiger partial charge in [0.2, 0.25) is 0 Å². The number of thiazole rings is 1. The predicted octanol–water partition coefficient (Wildman–Crippen LogP) is 5.64. The highest BCUT2D eigenvalue weighted by molar-refractivity contribution is 7.22. The number of aromatic nitrogens is 3. The molecular weight excluding hydrogens is 500 g/mol. The first-order chi connectivity index (χ1) is 18.4. The Kier molecular flexibility index (Phi) is 7.24. The molecule has 5 rings (SSSR count). The highest BCUT2D eigenvalue weighted by Crippen LogP contribution is 2.39. The zero-order valence-electron chi connectivity index (χ0n) is 21.4. The SMILES string of the molecule is CCNC(=O)Nc1nc2cc(-c3ccc(N4CCC(CC)(C(=O)O)CC4)nc3)cc(-c3ccccn3)c2s1. The summed E-state index contributed by atoms with van der Waals surface area (Å²) in [4.78, 5) is 40.0. The van der Waals surface area contributed by atoms with Crippen LogP contribution in [0.5, 0.6) is 0 Å². The van der Waals surface area contributed by atoms with Gasteiger partial charge in [0, 0.05) is 43.2 Å². The molecule has 3 N–H and O–H groups in total. The highest BCUT2D eigenvalue weighted by atomic mass is 32.1. The average molecular weight is 531 g/mol. The summed E-state index contributed by atoms with van der Waals surface area (Å²) in [7, 11) is 0. The van der Waals surface area contributed by atoms with E-state index >= 15 is 0 Å². The Balaban J connectivity index is 1.45. The van der Waals surface area contributed by atoms with Gasteiger partial charge in [-0.2, -0.15) is 0 Å². The number of nitrogens with one attached hydrogen (secondary N) is 2. The number of nitrogens with zero attached hydrogens (tertiary/aromatic N) is 4. The monoisotopic (exact) mass is 530 g/mol. The summed E-state index contributed by atoms with van der Waals surface area (Å²) >= 11 is 1.41. The minimum Gasteiger partial charge on any atom is -0.481 e. The summed E-state index contributed by atoms with van der Waals surface area (Å²) in [6.07, 6.45) is 5.47. The van der Waals surface area contributed by atoms with Crippen LogP contribution in [-0.2, 0) is 4.79 Å². The van der Waals surface area contributed by atoms with E-state index in [0.717, 1.165) is 38.4 Å². The Morgan fingerprint density at radius 3 is 2.53 bits per heavy atom. The van der Waals surface area contributed by atoms with Crippen molar-refractivity contribution in [1.82, 2.24) is 20.3 Å².